The van der Waals surface area contributed by atoms with Crippen LogP contribution in [0.3, 0.4) is 0 Å². The molecule has 0 saturated heterocycles. The van der Waals surface area contributed by atoms with Crippen molar-refractivity contribution in [2.45, 2.75) is 0 Å². The van der Waals surface area contributed by atoms with Crippen molar-refractivity contribution >= 4 is 5.69 Å². The zero-order valence-electron chi connectivity index (χ0n) is 10.9. The van der Waals surface area contributed by atoms with Gasteiger partial charge in [-0.15, -0.1) is 0 Å². The third kappa shape index (κ3) is 2.78. The first kappa shape index (κ1) is 12.2. The van der Waals surface area contributed by atoms with Gasteiger partial charge in [-0.1, -0.05) is 42.5 Å². The second-order valence-electron chi connectivity index (χ2n) is 4.45. The van der Waals surface area contributed by atoms with E-state index < -0.39 is 0 Å². The molecule has 20 heavy (non-hydrogen) atoms. The molecule has 3 rings (SSSR count). The van der Waals surface area contributed by atoms with Crippen molar-refractivity contribution in [3.8, 4) is 22.6 Å². The van der Waals surface area contributed by atoms with Gasteiger partial charge >= 0.3 is 0 Å². The number of pyridine rings is 1. The van der Waals surface area contributed by atoms with Gasteiger partial charge in [-0.3, -0.25) is 4.98 Å². The van der Waals surface area contributed by atoms with Crippen LogP contribution in [0.25, 0.3) is 11.1 Å². The van der Waals surface area contributed by atoms with Crippen molar-refractivity contribution in [3.05, 3.63) is 73.1 Å². The van der Waals surface area contributed by atoms with Gasteiger partial charge in [0.2, 0.25) is 0 Å². The quantitative estimate of drug-likeness (QED) is 0.772. The third-order valence-corrected chi connectivity index (χ3v) is 2.93. The topological polar surface area (TPSA) is 48.1 Å². The molecule has 0 saturated carbocycles. The minimum Gasteiger partial charge on any atom is -0.456 e. The standard InChI is InChI=1S/C17H14N2O/c18-15-10-17(12-19-11-15)20-16-8-6-14(7-9-16)13-4-2-1-3-5-13/h1-12H,18H2. The first-order valence-corrected chi connectivity index (χ1v) is 6.35. The Kier molecular flexibility index (Phi) is 3.33. The highest BCUT2D eigenvalue weighted by atomic mass is 16.5. The van der Waals surface area contributed by atoms with E-state index in [1.807, 2.05) is 42.5 Å². The van der Waals surface area contributed by atoms with E-state index in [9.17, 15) is 0 Å². The van der Waals surface area contributed by atoms with Crippen LogP contribution in [0.2, 0.25) is 0 Å². The van der Waals surface area contributed by atoms with Gasteiger partial charge in [-0.2, -0.15) is 0 Å². The lowest BCUT2D eigenvalue weighted by Gasteiger charge is -2.07. The number of hydrogen-bond acceptors (Lipinski definition) is 3. The van der Waals surface area contributed by atoms with Crippen molar-refractivity contribution in [1.82, 2.24) is 4.98 Å². The maximum absolute atomic E-state index is 5.71. The summed E-state index contributed by atoms with van der Waals surface area (Å²) in [4.78, 5) is 4.00. The molecule has 0 atom stereocenters. The molecule has 0 aliphatic heterocycles. The van der Waals surface area contributed by atoms with E-state index in [1.54, 1.807) is 18.5 Å². The van der Waals surface area contributed by atoms with Gasteiger partial charge < -0.3 is 10.5 Å². The van der Waals surface area contributed by atoms with Gasteiger partial charge in [0.05, 0.1) is 18.1 Å². The monoisotopic (exact) mass is 262 g/mol. The smallest absolute Gasteiger partial charge is 0.147 e. The minimum absolute atomic E-state index is 0.586. The molecule has 98 valence electrons. The van der Waals surface area contributed by atoms with Gasteiger partial charge in [0.25, 0.3) is 0 Å². The number of rotatable bonds is 3. The summed E-state index contributed by atoms with van der Waals surface area (Å²) in [5.74, 6) is 1.40. The largest absolute Gasteiger partial charge is 0.456 e. The summed E-state index contributed by atoms with van der Waals surface area (Å²) in [6.45, 7) is 0. The summed E-state index contributed by atoms with van der Waals surface area (Å²) < 4.78 is 5.71. The Balaban J connectivity index is 1.80. The summed E-state index contributed by atoms with van der Waals surface area (Å²) in [6.07, 6.45) is 3.23. The lowest BCUT2D eigenvalue weighted by molar-refractivity contribution is 0.481. The highest BCUT2D eigenvalue weighted by Crippen LogP contribution is 2.25. The van der Waals surface area contributed by atoms with Gasteiger partial charge in [-0.05, 0) is 23.3 Å². The molecule has 3 nitrogen and oxygen atoms in total. The summed E-state index contributed by atoms with van der Waals surface area (Å²) in [5, 5.41) is 0. The average Bonchev–Trinajstić information content (AvgIpc) is 2.49. The molecule has 0 spiro atoms. The molecule has 1 heterocycles. The van der Waals surface area contributed by atoms with Crippen molar-refractivity contribution in [3.63, 3.8) is 0 Å². The van der Waals surface area contributed by atoms with E-state index >= 15 is 0 Å². The Morgan fingerprint density at radius 3 is 2.15 bits per heavy atom. The first-order chi connectivity index (χ1) is 9.81. The highest BCUT2D eigenvalue weighted by molar-refractivity contribution is 5.64. The second-order valence-corrected chi connectivity index (χ2v) is 4.45. The van der Waals surface area contributed by atoms with Crippen molar-refractivity contribution in [2.75, 3.05) is 5.73 Å². The van der Waals surface area contributed by atoms with E-state index in [4.69, 9.17) is 10.5 Å². The number of hydrogen-bond donors (Lipinski definition) is 1. The molecule has 0 amide bonds. The number of nitrogens with two attached hydrogens (primary N) is 1. The fourth-order valence-electron chi connectivity index (χ4n) is 1.97. The predicted molar refractivity (Wildman–Crippen MR) is 80.6 cm³/mol. The van der Waals surface area contributed by atoms with Crippen LogP contribution in [-0.4, -0.2) is 4.98 Å². The second kappa shape index (κ2) is 5.45. The molecular weight excluding hydrogens is 248 g/mol. The molecule has 1 aromatic heterocycles. The van der Waals surface area contributed by atoms with E-state index in [0.717, 1.165) is 11.3 Å². The Morgan fingerprint density at radius 2 is 1.45 bits per heavy atom. The number of aromatic nitrogens is 1. The Morgan fingerprint density at radius 1 is 0.750 bits per heavy atom. The number of benzene rings is 2. The summed E-state index contributed by atoms with van der Waals surface area (Å²) in [7, 11) is 0. The van der Waals surface area contributed by atoms with E-state index in [2.05, 4.69) is 17.1 Å². The number of ether oxygens (including phenoxy) is 1. The normalized spacial score (nSPS) is 10.2. The number of nitrogen functional groups attached to an aromatic ring is 1. The summed E-state index contributed by atoms with van der Waals surface area (Å²) in [6, 6.07) is 19.9. The van der Waals surface area contributed by atoms with E-state index in [0.29, 0.717) is 11.4 Å². The van der Waals surface area contributed by atoms with Crippen LogP contribution in [0.15, 0.2) is 73.1 Å². The van der Waals surface area contributed by atoms with Crippen molar-refractivity contribution in [1.29, 1.82) is 0 Å². The number of nitrogens with zero attached hydrogens (tertiary/aromatic N) is 1. The van der Waals surface area contributed by atoms with Crippen LogP contribution < -0.4 is 10.5 Å². The maximum Gasteiger partial charge on any atom is 0.147 e. The molecule has 0 aliphatic carbocycles. The Labute approximate surface area is 117 Å². The maximum atomic E-state index is 5.71. The van der Waals surface area contributed by atoms with E-state index in [-0.39, 0.29) is 0 Å². The summed E-state index contributed by atoms with van der Waals surface area (Å²) >= 11 is 0. The molecule has 0 aliphatic rings. The van der Waals surface area contributed by atoms with Crippen LogP contribution in [0, 0.1) is 0 Å². The average molecular weight is 262 g/mol. The first-order valence-electron chi connectivity index (χ1n) is 6.35. The molecule has 3 aromatic rings. The predicted octanol–water partition coefficient (Wildman–Crippen LogP) is 4.12. The minimum atomic E-state index is 0.586. The third-order valence-electron chi connectivity index (χ3n) is 2.93. The van der Waals surface area contributed by atoms with Gasteiger partial charge in [0.1, 0.15) is 11.5 Å². The lowest BCUT2D eigenvalue weighted by Crippen LogP contribution is -1.89. The molecule has 0 radical (unpaired) electrons. The van der Waals surface area contributed by atoms with Gasteiger partial charge in [-0.25, -0.2) is 0 Å². The Hall–Kier alpha value is -2.81. The Bertz CT molecular complexity index is 694. The molecule has 0 bridgehead atoms. The van der Waals surface area contributed by atoms with Gasteiger partial charge in [0, 0.05) is 6.07 Å². The zero-order chi connectivity index (χ0) is 13.8. The molecular formula is C17H14N2O. The number of anilines is 1. The van der Waals surface area contributed by atoms with Crippen molar-refractivity contribution in [2.24, 2.45) is 0 Å². The van der Waals surface area contributed by atoms with Crippen LogP contribution in [0.5, 0.6) is 11.5 Å². The lowest BCUT2D eigenvalue weighted by atomic mass is 10.1. The van der Waals surface area contributed by atoms with Crippen LogP contribution in [-0.2, 0) is 0 Å². The van der Waals surface area contributed by atoms with Crippen LogP contribution in [0.1, 0.15) is 0 Å². The molecule has 0 unspecified atom stereocenters. The molecule has 3 heteroatoms. The molecule has 2 aromatic carbocycles. The highest BCUT2D eigenvalue weighted by Gasteiger charge is 2.00. The van der Waals surface area contributed by atoms with Crippen molar-refractivity contribution < 1.29 is 4.74 Å². The van der Waals surface area contributed by atoms with Crippen LogP contribution in [0.4, 0.5) is 5.69 Å². The SMILES string of the molecule is Nc1cncc(Oc2ccc(-c3ccccc3)cc2)c1. The fourth-order valence-corrected chi connectivity index (χ4v) is 1.97. The summed E-state index contributed by atoms with van der Waals surface area (Å²) in [5.41, 5.74) is 8.60. The fraction of sp³-hybridized carbons (Fsp3) is 0. The zero-order valence-corrected chi connectivity index (χ0v) is 10.9. The van der Waals surface area contributed by atoms with Gasteiger partial charge in [0.15, 0.2) is 0 Å². The van der Waals surface area contributed by atoms with E-state index in [1.165, 1.54) is 5.56 Å². The molecule has 2 N–H and O–H groups in total. The van der Waals surface area contributed by atoms with Crippen LogP contribution >= 0.6 is 0 Å². The molecule has 0 fully saturated rings.